The van der Waals surface area contributed by atoms with Crippen LogP contribution in [0.2, 0.25) is 0 Å². The van der Waals surface area contributed by atoms with Crippen LogP contribution in [0.3, 0.4) is 0 Å². The average molecular weight is 140 g/mol. The van der Waals surface area contributed by atoms with Crippen molar-refractivity contribution >= 4 is 7.14 Å². The molecule has 2 unspecified atom stereocenters. The summed E-state index contributed by atoms with van der Waals surface area (Å²) in [6.45, 7) is 1.76. The first kappa shape index (κ1) is 6.65. The first-order valence-corrected chi connectivity index (χ1v) is 5.26. The minimum absolute atomic E-state index is 0.126. The Morgan fingerprint density at radius 3 is 2.78 bits per heavy atom. The van der Waals surface area contributed by atoms with Crippen LogP contribution in [-0.4, -0.2) is 12.8 Å². The van der Waals surface area contributed by atoms with Gasteiger partial charge in [0, 0.05) is 12.1 Å². The maximum atomic E-state index is 11.2. The largest absolute Gasteiger partial charge is 0.319 e. The van der Waals surface area contributed by atoms with Crippen molar-refractivity contribution in [2.75, 3.05) is 12.8 Å². The van der Waals surface area contributed by atoms with Crippen molar-refractivity contribution in [2.45, 2.75) is 0 Å². The number of terminal acetylenes is 1. The quantitative estimate of drug-likeness (QED) is 0.370. The van der Waals surface area contributed by atoms with Gasteiger partial charge in [-0.2, -0.15) is 0 Å². The van der Waals surface area contributed by atoms with Gasteiger partial charge in [0.1, 0.15) is 7.14 Å². The van der Waals surface area contributed by atoms with E-state index in [1.807, 2.05) is 6.08 Å². The Morgan fingerprint density at radius 2 is 2.56 bits per heavy atom. The van der Waals surface area contributed by atoms with Gasteiger partial charge in [0.25, 0.3) is 0 Å². The average Bonchev–Trinajstić information content (AvgIpc) is 2.10. The van der Waals surface area contributed by atoms with Gasteiger partial charge < -0.3 is 4.57 Å². The summed E-state index contributed by atoms with van der Waals surface area (Å²) in [5.41, 5.74) is 0. The molecule has 0 fully saturated rings. The molecule has 0 amide bonds. The molecule has 0 aromatic rings. The number of hydrogen-bond acceptors (Lipinski definition) is 1. The minimum Gasteiger partial charge on any atom is -0.319 e. The van der Waals surface area contributed by atoms with Gasteiger partial charge in [0.05, 0.1) is 0 Å². The molecule has 0 spiro atoms. The highest BCUT2D eigenvalue weighted by Gasteiger charge is 2.21. The van der Waals surface area contributed by atoms with Gasteiger partial charge in [0.2, 0.25) is 0 Å². The second kappa shape index (κ2) is 2.05. The SMILES string of the molecule is C#CC1C=CP(C)(=O)C1. The van der Waals surface area contributed by atoms with Crippen molar-refractivity contribution in [3.05, 3.63) is 11.9 Å². The lowest BCUT2D eigenvalue weighted by atomic mass is 10.2. The van der Waals surface area contributed by atoms with E-state index in [4.69, 9.17) is 6.42 Å². The lowest BCUT2D eigenvalue weighted by Crippen LogP contribution is -1.91. The molecule has 1 nitrogen and oxygen atoms in total. The summed E-state index contributed by atoms with van der Waals surface area (Å²) in [5.74, 6) is 4.45. The van der Waals surface area contributed by atoms with Gasteiger partial charge in [-0.1, -0.05) is 12.0 Å². The molecular formula is C7H9OP. The molecule has 0 aliphatic carbocycles. The molecule has 9 heavy (non-hydrogen) atoms. The van der Waals surface area contributed by atoms with Crippen molar-refractivity contribution in [1.29, 1.82) is 0 Å². The van der Waals surface area contributed by atoms with E-state index < -0.39 is 7.14 Å². The highest BCUT2D eigenvalue weighted by atomic mass is 31.2. The molecule has 0 saturated carbocycles. The predicted molar refractivity (Wildman–Crippen MR) is 39.9 cm³/mol. The van der Waals surface area contributed by atoms with E-state index in [0.717, 1.165) is 0 Å². The lowest BCUT2D eigenvalue weighted by molar-refractivity contribution is 0.584. The van der Waals surface area contributed by atoms with Gasteiger partial charge >= 0.3 is 0 Å². The maximum Gasteiger partial charge on any atom is 0.107 e. The molecule has 0 aromatic carbocycles. The standard InChI is InChI=1S/C7H9OP/c1-3-7-4-5-9(2,8)6-7/h1,4-5,7H,6H2,2H3. The Labute approximate surface area is 55.5 Å². The van der Waals surface area contributed by atoms with Gasteiger partial charge in [-0.3, -0.25) is 0 Å². The predicted octanol–water partition coefficient (Wildman–Crippen LogP) is 1.76. The summed E-state index contributed by atoms with van der Waals surface area (Å²) in [7, 11) is -1.94. The molecule has 0 saturated heterocycles. The topological polar surface area (TPSA) is 17.1 Å². The van der Waals surface area contributed by atoms with E-state index in [9.17, 15) is 4.57 Å². The molecule has 1 rings (SSSR count). The number of hydrogen-bond donors (Lipinski definition) is 0. The van der Waals surface area contributed by atoms with Crippen molar-refractivity contribution < 1.29 is 4.57 Å². The van der Waals surface area contributed by atoms with Crippen LogP contribution in [0, 0.1) is 18.3 Å². The van der Waals surface area contributed by atoms with E-state index in [0.29, 0.717) is 6.16 Å². The van der Waals surface area contributed by atoms with Gasteiger partial charge in [-0.25, -0.2) is 0 Å². The Bertz CT molecular complexity index is 222. The fraction of sp³-hybridized carbons (Fsp3) is 0.429. The summed E-state index contributed by atoms with van der Waals surface area (Å²) >= 11 is 0. The summed E-state index contributed by atoms with van der Waals surface area (Å²) in [6, 6.07) is 0. The third-order valence-corrected chi connectivity index (χ3v) is 3.33. The fourth-order valence-corrected chi connectivity index (χ4v) is 2.61. The smallest absolute Gasteiger partial charge is 0.107 e. The molecular weight excluding hydrogens is 131 g/mol. The van der Waals surface area contributed by atoms with Crippen LogP contribution in [0.5, 0.6) is 0 Å². The minimum atomic E-state index is -1.94. The van der Waals surface area contributed by atoms with Gasteiger partial charge in [-0.15, -0.1) is 6.42 Å². The van der Waals surface area contributed by atoms with Gasteiger partial charge in [-0.05, 0) is 12.5 Å². The van der Waals surface area contributed by atoms with E-state index in [-0.39, 0.29) is 5.92 Å². The summed E-state index contributed by atoms with van der Waals surface area (Å²) < 4.78 is 11.2. The fourth-order valence-electron chi connectivity index (χ4n) is 0.906. The Hall–Kier alpha value is -0.470. The van der Waals surface area contributed by atoms with Crippen LogP contribution < -0.4 is 0 Å². The molecule has 0 aromatic heterocycles. The van der Waals surface area contributed by atoms with E-state index >= 15 is 0 Å². The highest BCUT2D eigenvalue weighted by molar-refractivity contribution is 7.66. The molecule has 1 aliphatic heterocycles. The molecule has 0 bridgehead atoms. The molecule has 48 valence electrons. The van der Waals surface area contributed by atoms with Crippen LogP contribution in [0.15, 0.2) is 11.9 Å². The zero-order valence-electron chi connectivity index (χ0n) is 5.37. The van der Waals surface area contributed by atoms with Crippen molar-refractivity contribution in [3.63, 3.8) is 0 Å². The first-order valence-electron chi connectivity index (χ1n) is 2.86. The van der Waals surface area contributed by atoms with E-state index in [1.165, 1.54) is 0 Å². The molecule has 0 radical (unpaired) electrons. The van der Waals surface area contributed by atoms with Gasteiger partial charge in [0.15, 0.2) is 0 Å². The monoisotopic (exact) mass is 140 g/mol. The Balaban J connectivity index is 2.74. The zero-order chi connectivity index (χ0) is 6.91. The molecule has 1 heterocycles. The Kier molecular flexibility index (Phi) is 1.51. The molecule has 2 atom stereocenters. The van der Waals surface area contributed by atoms with Crippen LogP contribution in [-0.2, 0) is 4.57 Å². The lowest BCUT2D eigenvalue weighted by Gasteiger charge is -1.99. The van der Waals surface area contributed by atoms with Crippen molar-refractivity contribution in [1.82, 2.24) is 0 Å². The van der Waals surface area contributed by atoms with Crippen LogP contribution >= 0.6 is 7.14 Å². The normalized spacial score (nSPS) is 40.7. The number of rotatable bonds is 0. The third-order valence-electron chi connectivity index (χ3n) is 1.41. The van der Waals surface area contributed by atoms with Crippen LogP contribution in [0.4, 0.5) is 0 Å². The summed E-state index contributed by atoms with van der Waals surface area (Å²) in [5, 5.41) is 0. The summed E-state index contributed by atoms with van der Waals surface area (Å²) in [6.07, 6.45) is 7.66. The van der Waals surface area contributed by atoms with Crippen molar-refractivity contribution in [3.8, 4) is 12.3 Å². The Morgan fingerprint density at radius 1 is 1.89 bits per heavy atom. The van der Waals surface area contributed by atoms with Crippen LogP contribution in [0.1, 0.15) is 0 Å². The number of allylic oxidation sites excluding steroid dienone is 1. The molecule has 1 aliphatic rings. The summed E-state index contributed by atoms with van der Waals surface area (Å²) in [4.78, 5) is 0. The zero-order valence-corrected chi connectivity index (χ0v) is 6.27. The van der Waals surface area contributed by atoms with Crippen LogP contribution in [0.25, 0.3) is 0 Å². The van der Waals surface area contributed by atoms with Crippen molar-refractivity contribution in [2.24, 2.45) is 5.92 Å². The van der Waals surface area contributed by atoms with E-state index in [2.05, 4.69) is 5.92 Å². The third kappa shape index (κ3) is 1.47. The maximum absolute atomic E-state index is 11.2. The second-order valence-corrected chi connectivity index (χ2v) is 5.48. The molecule has 0 N–H and O–H groups in total. The highest BCUT2D eigenvalue weighted by Crippen LogP contribution is 2.49. The second-order valence-electron chi connectivity index (χ2n) is 2.47. The molecule has 2 heteroatoms. The van der Waals surface area contributed by atoms with E-state index in [1.54, 1.807) is 12.5 Å². The first-order chi connectivity index (χ1) is 4.14.